The zero-order chi connectivity index (χ0) is 20.8. The maximum absolute atomic E-state index is 13.4. The standard InChI is InChI=1S/C22H30N6O2S/c29-20-18(21-24-15-3-1-2-4-17(15)31-21)19(23-16-13-27-7-5-14(16)6-8-27)25-22(26-20)28-9-11-30-12-10-28/h1-4,14,16,18-19,22-23,25H,5-13H2,(H,26,29). The number of thiazole rings is 1. The molecule has 2 aromatic rings. The van der Waals surface area contributed by atoms with Gasteiger partial charge in [-0.3, -0.25) is 20.3 Å². The van der Waals surface area contributed by atoms with Crippen molar-refractivity contribution in [3.8, 4) is 0 Å². The van der Waals surface area contributed by atoms with Gasteiger partial charge in [0, 0.05) is 25.7 Å². The van der Waals surface area contributed by atoms with Gasteiger partial charge in [0.2, 0.25) is 5.91 Å². The summed E-state index contributed by atoms with van der Waals surface area (Å²) in [5, 5.41) is 11.7. The SMILES string of the molecule is O=C1NC(N2CCOCC2)NC(NC2CN3CCC2CC3)C1c1nc2ccccc2s1. The van der Waals surface area contributed by atoms with Crippen molar-refractivity contribution in [1.82, 2.24) is 30.7 Å². The molecule has 8 nitrogen and oxygen atoms in total. The molecule has 1 amide bonds. The molecule has 166 valence electrons. The molecule has 3 N–H and O–H groups in total. The zero-order valence-corrected chi connectivity index (χ0v) is 18.4. The minimum atomic E-state index is -0.342. The Morgan fingerprint density at radius 2 is 1.94 bits per heavy atom. The minimum absolute atomic E-state index is 0.0491. The van der Waals surface area contributed by atoms with Gasteiger partial charge in [-0.15, -0.1) is 11.3 Å². The van der Waals surface area contributed by atoms with E-state index in [2.05, 4.69) is 31.8 Å². The third-order valence-electron chi connectivity index (χ3n) is 7.27. The summed E-state index contributed by atoms with van der Waals surface area (Å²) < 4.78 is 6.64. The number of piperidine rings is 3. The summed E-state index contributed by atoms with van der Waals surface area (Å²) in [6.07, 6.45) is 2.17. The Balaban J connectivity index is 1.29. The molecule has 4 atom stereocenters. The Bertz CT molecular complexity index is 906. The molecule has 1 aromatic heterocycles. The molecular weight excluding hydrogens is 412 g/mol. The lowest BCUT2D eigenvalue weighted by atomic mass is 9.83. The normalized spacial score (nSPS) is 36.6. The number of nitrogens with one attached hydrogen (secondary N) is 3. The van der Waals surface area contributed by atoms with Crippen molar-refractivity contribution in [2.75, 3.05) is 45.9 Å². The summed E-state index contributed by atoms with van der Waals surface area (Å²) in [6.45, 7) is 6.52. The summed E-state index contributed by atoms with van der Waals surface area (Å²) >= 11 is 1.63. The van der Waals surface area contributed by atoms with Crippen molar-refractivity contribution in [2.24, 2.45) is 5.92 Å². The molecule has 1 aromatic carbocycles. The van der Waals surface area contributed by atoms with Gasteiger partial charge in [-0.1, -0.05) is 12.1 Å². The highest BCUT2D eigenvalue weighted by atomic mass is 32.1. The van der Waals surface area contributed by atoms with Crippen LogP contribution in [0.1, 0.15) is 23.8 Å². The van der Waals surface area contributed by atoms with Gasteiger partial charge >= 0.3 is 0 Å². The molecule has 7 rings (SSSR count). The molecule has 5 saturated heterocycles. The van der Waals surface area contributed by atoms with E-state index in [1.54, 1.807) is 11.3 Å². The molecule has 5 aliphatic rings. The topological polar surface area (TPSA) is 81.8 Å². The Hall–Kier alpha value is -1.62. The van der Waals surface area contributed by atoms with Crippen LogP contribution >= 0.6 is 11.3 Å². The third kappa shape index (κ3) is 3.88. The van der Waals surface area contributed by atoms with Crippen LogP contribution in [-0.4, -0.2) is 85.1 Å². The van der Waals surface area contributed by atoms with E-state index in [0.29, 0.717) is 25.2 Å². The molecule has 0 radical (unpaired) electrons. The van der Waals surface area contributed by atoms with Crippen LogP contribution in [-0.2, 0) is 9.53 Å². The number of carbonyl (C=O) groups excluding carboxylic acids is 1. The predicted octanol–water partition coefficient (Wildman–Crippen LogP) is 0.725. The molecule has 4 unspecified atom stereocenters. The highest BCUT2D eigenvalue weighted by Gasteiger charge is 2.44. The predicted molar refractivity (Wildman–Crippen MR) is 120 cm³/mol. The molecule has 0 spiro atoms. The van der Waals surface area contributed by atoms with Gasteiger partial charge in [-0.25, -0.2) is 4.98 Å². The van der Waals surface area contributed by atoms with Gasteiger partial charge < -0.3 is 15.0 Å². The number of amides is 1. The largest absolute Gasteiger partial charge is 0.379 e. The summed E-state index contributed by atoms with van der Waals surface area (Å²) in [5.41, 5.74) is 0.965. The molecule has 31 heavy (non-hydrogen) atoms. The number of hydrogen-bond acceptors (Lipinski definition) is 8. The van der Waals surface area contributed by atoms with Crippen LogP contribution in [0.2, 0.25) is 0 Å². The van der Waals surface area contributed by atoms with Crippen LogP contribution in [0.25, 0.3) is 10.2 Å². The second-order valence-electron chi connectivity index (χ2n) is 9.11. The van der Waals surface area contributed by atoms with E-state index in [0.717, 1.165) is 34.9 Å². The Morgan fingerprint density at radius 3 is 2.68 bits per heavy atom. The van der Waals surface area contributed by atoms with Crippen LogP contribution in [0.5, 0.6) is 0 Å². The van der Waals surface area contributed by atoms with Crippen LogP contribution in [0.15, 0.2) is 24.3 Å². The van der Waals surface area contributed by atoms with Gasteiger partial charge in [-0.2, -0.15) is 0 Å². The number of rotatable bonds is 4. The van der Waals surface area contributed by atoms with Crippen molar-refractivity contribution in [3.63, 3.8) is 0 Å². The number of ether oxygens (including phenoxy) is 1. The van der Waals surface area contributed by atoms with Crippen LogP contribution in [0.4, 0.5) is 0 Å². The summed E-state index contributed by atoms with van der Waals surface area (Å²) in [6, 6.07) is 8.55. The second-order valence-corrected chi connectivity index (χ2v) is 10.2. The smallest absolute Gasteiger partial charge is 0.235 e. The molecular formula is C22H30N6O2S. The third-order valence-corrected chi connectivity index (χ3v) is 8.39. The van der Waals surface area contributed by atoms with Crippen molar-refractivity contribution >= 4 is 27.5 Å². The second kappa shape index (κ2) is 8.38. The van der Waals surface area contributed by atoms with E-state index in [1.807, 2.05) is 18.2 Å². The average Bonchev–Trinajstić information content (AvgIpc) is 3.24. The van der Waals surface area contributed by atoms with Crippen LogP contribution in [0.3, 0.4) is 0 Å². The Morgan fingerprint density at radius 1 is 1.13 bits per heavy atom. The number of para-hydroxylation sites is 1. The monoisotopic (exact) mass is 442 g/mol. The maximum Gasteiger partial charge on any atom is 0.235 e. The van der Waals surface area contributed by atoms with Crippen molar-refractivity contribution in [3.05, 3.63) is 29.3 Å². The van der Waals surface area contributed by atoms with Crippen LogP contribution in [0, 0.1) is 5.92 Å². The van der Waals surface area contributed by atoms with Crippen molar-refractivity contribution in [2.45, 2.75) is 37.3 Å². The number of fused-ring (bicyclic) bond motifs is 4. The number of carbonyl (C=O) groups is 1. The first-order valence-electron chi connectivity index (χ1n) is 11.5. The molecule has 5 aliphatic heterocycles. The van der Waals surface area contributed by atoms with Gasteiger partial charge in [0.25, 0.3) is 0 Å². The fourth-order valence-electron chi connectivity index (χ4n) is 5.52. The van der Waals surface area contributed by atoms with Gasteiger partial charge in [0.15, 0.2) is 0 Å². The lowest BCUT2D eigenvalue weighted by Gasteiger charge is -2.49. The first kappa shape index (κ1) is 20.0. The lowest BCUT2D eigenvalue weighted by molar-refractivity contribution is -0.131. The summed E-state index contributed by atoms with van der Waals surface area (Å²) in [4.78, 5) is 23.1. The molecule has 0 saturated carbocycles. The van der Waals surface area contributed by atoms with E-state index in [-0.39, 0.29) is 24.3 Å². The average molecular weight is 443 g/mol. The minimum Gasteiger partial charge on any atom is -0.379 e. The Labute approximate surface area is 186 Å². The lowest BCUT2D eigenvalue weighted by Crippen LogP contribution is -2.72. The van der Waals surface area contributed by atoms with E-state index < -0.39 is 0 Å². The quantitative estimate of drug-likeness (QED) is 0.644. The highest BCUT2D eigenvalue weighted by Crippen LogP contribution is 2.33. The van der Waals surface area contributed by atoms with Crippen LogP contribution < -0.4 is 16.0 Å². The summed E-state index contributed by atoms with van der Waals surface area (Å²) in [7, 11) is 0. The van der Waals surface area contributed by atoms with E-state index in [9.17, 15) is 4.79 Å². The number of morpholine rings is 1. The number of nitrogens with zero attached hydrogens (tertiary/aromatic N) is 3. The van der Waals surface area contributed by atoms with Gasteiger partial charge in [0.05, 0.1) is 29.6 Å². The maximum atomic E-state index is 13.4. The fourth-order valence-corrected chi connectivity index (χ4v) is 6.63. The van der Waals surface area contributed by atoms with Crippen molar-refractivity contribution < 1.29 is 9.53 Å². The first-order chi connectivity index (χ1) is 15.2. The number of aromatic nitrogens is 1. The molecule has 0 aliphatic carbocycles. The van der Waals surface area contributed by atoms with Gasteiger partial charge in [-0.05, 0) is 44.0 Å². The zero-order valence-electron chi connectivity index (χ0n) is 17.6. The fraction of sp³-hybridized carbons (Fsp3) is 0.636. The van der Waals surface area contributed by atoms with Crippen molar-refractivity contribution in [1.29, 1.82) is 0 Å². The van der Waals surface area contributed by atoms with Gasteiger partial charge in [0.1, 0.15) is 17.2 Å². The number of hydrogen-bond donors (Lipinski definition) is 3. The Kier molecular flexibility index (Phi) is 5.41. The summed E-state index contributed by atoms with van der Waals surface area (Å²) in [5.74, 6) is 0.396. The van der Waals surface area contributed by atoms with E-state index in [1.165, 1.54) is 25.9 Å². The molecule has 9 heteroatoms. The first-order valence-corrected chi connectivity index (χ1v) is 12.3. The highest BCUT2D eigenvalue weighted by molar-refractivity contribution is 7.18. The molecule has 5 fully saturated rings. The number of benzene rings is 1. The molecule has 2 bridgehead atoms. The van der Waals surface area contributed by atoms with E-state index in [4.69, 9.17) is 9.72 Å². The van der Waals surface area contributed by atoms with E-state index >= 15 is 0 Å². The molecule has 6 heterocycles.